The van der Waals surface area contributed by atoms with Crippen LogP contribution >= 0.6 is 23.2 Å². The average molecular weight is 741 g/mol. The largest absolute Gasteiger partial charge is 0.507 e. The smallest absolute Gasteiger partial charge is 0.490 e. The number of phenols is 1. The van der Waals surface area contributed by atoms with Gasteiger partial charge in [-0.2, -0.15) is 13.2 Å². The Morgan fingerprint density at radius 2 is 1.37 bits per heavy atom. The highest BCUT2D eigenvalue weighted by molar-refractivity contribution is 6.30. The van der Waals surface area contributed by atoms with E-state index in [0.717, 1.165) is 42.6 Å². The van der Waals surface area contributed by atoms with Gasteiger partial charge in [0.2, 0.25) is 0 Å². The van der Waals surface area contributed by atoms with Crippen LogP contribution in [-0.2, 0) is 11.3 Å². The summed E-state index contributed by atoms with van der Waals surface area (Å²) in [5.41, 5.74) is 6.30. The molecular weight excluding hydrogens is 706 g/mol. The number of aromatic hydroxyl groups is 1. The SMILES string of the molecule is O=C(O)C(F)(F)F.O=C(O)c1cccc(CN2CCC(n3c(C4CC4)nc4ccc(C(c5ccc(Cl)cc5)c5ccc(Cl)cc5)cc43)CC2)c1O. The molecule has 1 aromatic heterocycles. The first-order valence-corrected chi connectivity index (χ1v) is 17.1. The summed E-state index contributed by atoms with van der Waals surface area (Å²) >= 11 is 12.5. The summed E-state index contributed by atoms with van der Waals surface area (Å²) in [7, 11) is 0. The number of aromatic nitrogens is 2. The van der Waals surface area contributed by atoms with Crippen molar-refractivity contribution in [2.75, 3.05) is 13.1 Å². The monoisotopic (exact) mass is 739 g/mol. The van der Waals surface area contributed by atoms with Gasteiger partial charge < -0.3 is 19.9 Å². The molecule has 5 aromatic rings. The molecule has 1 aliphatic heterocycles. The first kappa shape index (κ1) is 36.2. The van der Waals surface area contributed by atoms with Crippen LogP contribution in [-0.4, -0.2) is 61.0 Å². The molecule has 1 saturated carbocycles. The van der Waals surface area contributed by atoms with Gasteiger partial charge in [0.05, 0.1) is 11.0 Å². The van der Waals surface area contributed by atoms with Crippen molar-refractivity contribution in [3.05, 3.63) is 129 Å². The fraction of sp³-hybridized carbons (Fsp3) is 0.289. The topological polar surface area (TPSA) is 116 Å². The number of alkyl halides is 3. The Labute approximate surface area is 301 Å². The van der Waals surface area contributed by atoms with Crippen LogP contribution in [0.3, 0.4) is 0 Å². The van der Waals surface area contributed by atoms with Crippen molar-refractivity contribution in [2.45, 2.75) is 56.3 Å². The normalized spacial score (nSPS) is 15.5. The molecule has 51 heavy (non-hydrogen) atoms. The molecule has 2 fully saturated rings. The van der Waals surface area contributed by atoms with Crippen molar-refractivity contribution in [3.63, 3.8) is 0 Å². The summed E-state index contributed by atoms with van der Waals surface area (Å²) in [6, 6.07) is 28.1. The minimum absolute atomic E-state index is 0.0118. The number of likely N-dealkylation sites (tertiary alicyclic amines) is 1. The molecule has 0 radical (unpaired) electrons. The lowest BCUT2D eigenvalue weighted by Crippen LogP contribution is -2.34. The van der Waals surface area contributed by atoms with Crippen molar-refractivity contribution >= 4 is 46.2 Å². The van der Waals surface area contributed by atoms with Crippen molar-refractivity contribution in [1.82, 2.24) is 14.5 Å². The number of halogens is 5. The number of hydrogen-bond donors (Lipinski definition) is 3. The lowest BCUT2D eigenvalue weighted by Gasteiger charge is -2.34. The number of carboxylic acid groups (broad SMARTS) is 2. The summed E-state index contributed by atoms with van der Waals surface area (Å²) in [5.74, 6) is -2.30. The first-order chi connectivity index (χ1) is 24.3. The maximum Gasteiger partial charge on any atom is 0.490 e. The van der Waals surface area contributed by atoms with Gasteiger partial charge in [-0.3, -0.25) is 4.90 Å². The maximum atomic E-state index is 11.5. The van der Waals surface area contributed by atoms with E-state index in [4.69, 9.17) is 38.1 Å². The van der Waals surface area contributed by atoms with Gasteiger partial charge in [-0.15, -0.1) is 0 Å². The molecule has 1 saturated heterocycles. The molecule has 7 rings (SSSR count). The summed E-state index contributed by atoms with van der Waals surface area (Å²) in [5, 5.41) is 28.5. The van der Waals surface area contributed by atoms with E-state index >= 15 is 0 Å². The van der Waals surface area contributed by atoms with Gasteiger partial charge in [0, 0.05) is 53.1 Å². The van der Waals surface area contributed by atoms with E-state index in [2.05, 4.69) is 51.9 Å². The van der Waals surface area contributed by atoms with Crippen molar-refractivity contribution in [1.29, 1.82) is 0 Å². The number of aromatic carboxylic acids is 1. The Hall–Kier alpha value is -4.58. The predicted molar refractivity (Wildman–Crippen MR) is 188 cm³/mol. The third-order valence-electron chi connectivity index (χ3n) is 9.33. The molecule has 0 atom stereocenters. The van der Waals surface area contributed by atoms with Crippen LogP contribution in [0.15, 0.2) is 84.9 Å². The summed E-state index contributed by atoms with van der Waals surface area (Å²) < 4.78 is 34.2. The minimum atomic E-state index is -5.08. The van der Waals surface area contributed by atoms with E-state index < -0.39 is 18.1 Å². The van der Waals surface area contributed by atoms with E-state index in [1.165, 1.54) is 35.8 Å². The molecule has 13 heteroatoms. The van der Waals surface area contributed by atoms with E-state index in [0.29, 0.717) is 34.1 Å². The van der Waals surface area contributed by atoms with Gasteiger partial charge in [0.25, 0.3) is 0 Å². The third kappa shape index (κ3) is 8.32. The van der Waals surface area contributed by atoms with Crippen molar-refractivity contribution < 1.29 is 38.1 Å². The molecule has 2 aliphatic rings. The number of imidazole rings is 1. The molecule has 2 heterocycles. The van der Waals surface area contributed by atoms with Crippen LogP contribution in [0.5, 0.6) is 5.75 Å². The van der Waals surface area contributed by atoms with Gasteiger partial charge >= 0.3 is 18.1 Å². The van der Waals surface area contributed by atoms with Gasteiger partial charge in [0.1, 0.15) is 17.1 Å². The van der Waals surface area contributed by atoms with E-state index in [-0.39, 0.29) is 17.2 Å². The summed E-state index contributed by atoms with van der Waals surface area (Å²) in [6.07, 6.45) is -0.835. The number of carboxylic acids is 2. The molecule has 1 aliphatic carbocycles. The van der Waals surface area contributed by atoms with Gasteiger partial charge in [-0.25, -0.2) is 14.6 Å². The standard InChI is InChI=1S/C36H33Cl2N3O3.C2HF3O2/c37-27-11-6-22(7-12-27)33(23-8-13-28(38)14-9-23)25-10-15-31-32(20-25)41(35(39-31)24-4-5-24)29-16-18-40(19-17-29)21-26-2-1-3-30(34(26)42)36(43)44;3-2(4,5)1(6)7/h1-3,6-15,20,24,29,33,42H,4-5,16-19,21H2,(H,43,44);(H,6,7). The number of rotatable bonds is 8. The lowest BCUT2D eigenvalue weighted by atomic mass is 9.85. The second-order valence-electron chi connectivity index (χ2n) is 12.8. The van der Waals surface area contributed by atoms with Crippen LogP contribution in [0, 0.1) is 0 Å². The van der Waals surface area contributed by atoms with Gasteiger partial charge in [-0.1, -0.05) is 65.7 Å². The highest BCUT2D eigenvalue weighted by Crippen LogP contribution is 2.44. The lowest BCUT2D eigenvalue weighted by molar-refractivity contribution is -0.192. The number of benzene rings is 4. The Morgan fingerprint density at radius 3 is 1.88 bits per heavy atom. The number of fused-ring (bicyclic) bond motifs is 1. The molecule has 266 valence electrons. The third-order valence-corrected chi connectivity index (χ3v) is 9.84. The highest BCUT2D eigenvalue weighted by atomic mass is 35.5. The molecule has 0 unspecified atom stereocenters. The quantitative estimate of drug-likeness (QED) is 0.136. The molecule has 3 N–H and O–H groups in total. The molecule has 0 spiro atoms. The van der Waals surface area contributed by atoms with E-state index in [1.807, 2.05) is 30.3 Å². The van der Waals surface area contributed by atoms with Crippen LogP contribution < -0.4 is 0 Å². The Bertz CT molecular complexity index is 1990. The average Bonchev–Trinajstić information content (AvgIpc) is 3.88. The van der Waals surface area contributed by atoms with E-state index in [9.17, 15) is 28.2 Å². The molecule has 4 aromatic carbocycles. The van der Waals surface area contributed by atoms with Gasteiger partial charge in [-0.05, 0) is 84.8 Å². The van der Waals surface area contributed by atoms with Crippen LogP contribution in [0.25, 0.3) is 11.0 Å². The van der Waals surface area contributed by atoms with Crippen molar-refractivity contribution in [2.24, 2.45) is 0 Å². The molecular formula is C38H34Cl2F3N3O5. The second-order valence-corrected chi connectivity index (χ2v) is 13.7. The Morgan fingerprint density at radius 1 is 0.824 bits per heavy atom. The molecule has 0 bridgehead atoms. The fourth-order valence-electron chi connectivity index (χ4n) is 6.68. The molecule has 0 amide bonds. The summed E-state index contributed by atoms with van der Waals surface area (Å²) in [6.45, 7) is 2.22. The zero-order valence-corrected chi connectivity index (χ0v) is 28.7. The Balaban J connectivity index is 0.000000582. The highest BCUT2D eigenvalue weighted by Gasteiger charge is 2.38. The van der Waals surface area contributed by atoms with Gasteiger partial charge in [0.15, 0.2) is 0 Å². The van der Waals surface area contributed by atoms with Crippen LogP contribution in [0.1, 0.15) is 82.0 Å². The fourth-order valence-corrected chi connectivity index (χ4v) is 6.93. The van der Waals surface area contributed by atoms with Crippen molar-refractivity contribution in [3.8, 4) is 5.75 Å². The number of piperidine rings is 1. The number of aliphatic carboxylic acids is 1. The number of para-hydroxylation sites is 1. The van der Waals surface area contributed by atoms with Crippen LogP contribution in [0.2, 0.25) is 10.0 Å². The second kappa shape index (κ2) is 15.0. The summed E-state index contributed by atoms with van der Waals surface area (Å²) in [4.78, 5) is 27.9. The zero-order valence-electron chi connectivity index (χ0n) is 27.2. The Kier molecular flexibility index (Phi) is 10.6. The number of carbonyl (C=O) groups is 2. The first-order valence-electron chi connectivity index (χ1n) is 16.4. The minimum Gasteiger partial charge on any atom is -0.507 e. The number of nitrogens with zero attached hydrogens (tertiary/aromatic N) is 3. The predicted octanol–water partition coefficient (Wildman–Crippen LogP) is 9.27. The van der Waals surface area contributed by atoms with E-state index in [1.54, 1.807) is 6.07 Å². The maximum absolute atomic E-state index is 11.5. The molecule has 8 nitrogen and oxygen atoms in total. The zero-order chi connectivity index (χ0) is 36.4. The van der Waals surface area contributed by atoms with Crippen LogP contribution in [0.4, 0.5) is 13.2 Å². The number of hydrogen-bond acceptors (Lipinski definition) is 5.